The molecule has 0 spiro atoms. The molecule has 2 amide bonds. The van der Waals surface area contributed by atoms with Crippen LogP contribution in [0.25, 0.3) is 11.0 Å². The Morgan fingerprint density at radius 3 is 2.39 bits per heavy atom. The van der Waals surface area contributed by atoms with Gasteiger partial charge >= 0.3 is 0 Å². The lowest BCUT2D eigenvalue weighted by molar-refractivity contribution is 0.0698. The van der Waals surface area contributed by atoms with Gasteiger partial charge in [-0.15, -0.1) is 0 Å². The molecule has 1 aliphatic rings. The molecule has 7 heteroatoms. The second-order valence-corrected chi connectivity index (χ2v) is 7.84. The highest BCUT2D eigenvalue weighted by Crippen LogP contribution is 2.20. The number of amides is 2. The number of ether oxygens (including phenoxy) is 1. The van der Waals surface area contributed by atoms with Crippen LogP contribution >= 0.6 is 0 Å². The highest BCUT2D eigenvalue weighted by molar-refractivity contribution is 5.98. The van der Waals surface area contributed by atoms with Crippen LogP contribution in [-0.4, -0.2) is 52.9 Å². The Bertz CT molecular complexity index is 1140. The Morgan fingerprint density at radius 2 is 1.68 bits per heavy atom. The third kappa shape index (κ3) is 4.35. The van der Waals surface area contributed by atoms with Crippen LogP contribution in [0.1, 0.15) is 44.9 Å². The summed E-state index contributed by atoms with van der Waals surface area (Å²) in [7, 11) is 1.55. The molecule has 0 bridgehead atoms. The number of para-hydroxylation sites is 1. The molecule has 160 valence electrons. The third-order valence-corrected chi connectivity index (χ3v) is 5.79. The Hall–Kier alpha value is -3.48. The van der Waals surface area contributed by atoms with E-state index in [1.165, 1.54) is 0 Å². The van der Waals surface area contributed by atoms with Crippen molar-refractivity contribution < 1.29 is 14.3 Å². The highest BCUT2D eigenvalue weighted by atomic mass is 16.5. The molecule has 2 aromatic carbocycles. The second-order valence-electron chi connectivity index (χ2n) is 7.84. The van der Waals surface area contributed by atoms with E-state index in [9.17, 15) is 9.59 Å². The number of likely N-dealkylation sites (tertiary alicyclic amines) is 1. The van der Waals surface area contributed by atoms with E-state index in [-0.39, 0.29) is 17.9 Å². The molecule has 0 atom stereocenters. The first-order valence-corrected chi connectivity index (χ1v) is 10.4. The summed E-state index contributed by atoms with van der Waals surface area (Å²) in [6, 6.07) is 12.7. The van der Waals surface area contributed by atoms with Crippen LogP contribution in [0.5, 0.6) is 5.75 Å². The second kappa shape index (κ2) is 8.71. The number of fused-ring (bicyclic) bond motifs is 1. The zero-order chi connectivity index (χ0) is 22.0. The zero-order valence-corrected chi connectivity index (χ0v) is 18.0. The van der Waals surface area contributed by atoms with E-state index in [0.717, 1.165) is 22.4 Å². The van der Waals surface area contributed by atoms with Crippen LogP contribution in [-0.2, 0) is 0 Å². The minimum Gasteiger partial charge on any atom is -0.496 e. The number of nitrogens with zero attached hydrogens (tertiary/aromatic N) is 3. The number of aryl methyl sites for hydroxylation is 2. The van der Waals surface area contributed by atoms with Gasteiger partial charge < -0.3 is 15.0 Å². The first-order valence-electron chi connectivity index (χ1n) is 10.4. The fourth-order valence-corrected chi connectivity index (χ4v) is 3.87. The average molecular weight is 418 g/mol. The van der Waals surface area contributed by atoms with Crippen LogP contribution in [0.4, 0.5) is 0 Å². The van der Waals surface area contributed by atoms with Crippen LogP contribution in [0, 0.1) is 13.8 Å². The van der Waals surface area contributed by atoms with Gasteiger partial charge in [-0.3, -0.25) is 9.59 Å². The lowest BCUT2D eigenvalue weighted by atomic mass is 10.0. The van der Waals surface area contributed by atoms with Crippen molar-refractivity contribution in [1.29, 1.82) is 0 Å². The molecule has 2 heterocycles. The van der Waals surface area contributed by atoms with Gasteiger partial charge in [-0.25, -0.2) is 9.97 Å². The number of carbonyl (C=O) groups excluding carboxylic acids is 2. The number of carbonyl (C=O) groups is 2. The van der Waals surface area contributed by atoms with E-state index in [2.05, 4.69) is 15.3 Å². The topological polar surface area (TPSA) is 84.4 Å². The Kier molecular flexibility index (Phi) is 5.84. The number of piperidine rings is 1. The largest absolute Gasteiger partial charge is 0.496 e. The van der Waals surface area contributed by atoms with Gasteiger partial charge in [0.25, 0.3) is 11.8 Å². The first-order chi connectivity index (χ1) is 15.0. The van der Waals surface area contributed by atoms with E-state index in [1.807, 2.05) is 49.1 Å². The molecule has 0 saturated carbocycles. The zero-order valence-electron chi connectivity index (χ0n) is 18.0. The lowest BCUT2D eigenvalue weighted by Gasteiger charge is -2.32. The predicted molar refractivity (Wildman–Crippen MR) is 118 cm³/mol. The van der Waals surface area contributed by atoms with Crippen molar-refractivity contribution in [3.8, 4) is 5.75 Å². The maximum absolute atomic E-state index is 13.0. The van der Waals surface area contributed by atoms with Crippen LogP contribution in [0.2, 0.25) is 0 Å². The molecule has 1 N–H and O–H groups in total. The van der Waals surface area contributed by atoms with Crippen LogP contribution in [0.15, 0.2) is 42.5 Å². The van der Waals surface area contributed by atoms with Gasteiger partial charge in [0, 0.05) is 24.7 Å². The summed E-state index contributed by atoms with van der Waals surface area (Å²) in [5.41, 5.74) is 4.41. The Labute approximate surface area is 181 Å². The maximum atomic E-state index is 13.0. The number of aromatic nitrogens is 2. The first kappa shape index (κ1) is 20.8. The molecule has 0 radical (unpaired) electrons. The summed E-state index contributed by atoms with van der Waals surface area (Å²) in [4.78, 5) is 36.5. The van der Waals surface area contributed by atoms with Crippen molar-refractivity contribution in [3.05, 3.63) is 65.0 Å². The van der Waals surface area contributed by atoms with Gasteiger partial charge in [0.1, 0.15) is 5.75 Å². The van der Waals surface area contributed by atoms with Gasteiger partial charge in [-0.1, -0.05) is 12.1 Å². The summed E-state index contributed by atoms with van der Waals surface area (Å²) >= 11 is 0. The summed E-state index contributed by atoms with van der Waals surface area (Å²) in [5, 5.41) is 3.07. The molecule has 1 aliphatic heterocycles. The molecular weight excluding hydrogens is 392 g/mol. The van der Waals surface area contributed by atoms with E-state index in [1.54, 1.807) is 19.2 Å². The molecule has 1 aromatic heterocycles. The van der Waals surface area contributed by atoms with Crippen molar-refractivity contribution in [2.24, 2.45) is 0 Å². The number of methoxy groups -OCH3 is 1. The molecule has 31 heavy (non-hydrogen) atoms. The number of benzene rings is 2. The summed E-state index contributed by atoms with van der Waals surface area (Å²) in [6.07, 6.45) is 1.41. The van der Waals surface area contributed by atoms with E-state index < -0.39 is 0 Å². The number of hydrogen-bond donors (Lipinski definition) is 1. The summed E-state index contributed by atoms with van der Waals surface area (Å²) in [5.74, 6) is 0.384. The molecular formula is C24H26N4O3. The highest BCUT2D eigenvalue weighted by Gasteiger charge is 2.26. The van der Waals surface area contributed by atoms with Crippen molar-refractivity contribution >= 4 is 22.8 Å². The van der Waals surface area contributed by atoms with Crippen LogP contribution in [0.3, 0.4) is 0 Å². The number of hydrogen-bond acceptors (Lipinski definition) is 5. The predicted octanol–water partition coefficient (Wildman–Crippen LogP) is 3.29. The van der Waals surface area contributed by atoms with Gasteiger partial charge in [-0.05, 0) is 57.0 Å². The number of rotatable bonds is 4. The van der Waals surface area contributed by atoms with E-state index in [0.29, 0.717) is 42.8 Å². The smallest absolute Gasteiger partial charge is 0.255 e. The normalized spacial score (nSPS) is 14.5. The van der Waals surface area contributed by atoms with Crippen molar-refractivity contribution in [3.63, 3.8) is 0 Å². The molecule has 7 nitrogen and oxygen atoms in total. The molecule has 3 aromatic rings. The van der Waals surface area contributed by atoms with Gasteiger partial charge in [0.2, 0.25) is 0 Å². The fraction of sp³-hybridized carbons (Fsp3) is 0.333. The van der Waals surface area contributed by atoms with Crippen molar-refractivity contribution in [2.75, 3.05) is 20.2 Å². The molecule has 4 rings (SSSR count). The summed E-state index contributed by atoms with van der Waals surface area (Å²) < 4.78 is 5.27. The standard InChI is InChI=1S/C24H26N4O3/c1-15-16(2)26-21-14-17(8-9-20(21)25-15)24(30)28-12-10-18(11-13-28)27-23(29)19-6-4-5-7-22(19)31-3/h4-9,14,18H,10-13H2,1-3H3,(H,27,29). The van der Waals surface area contributed by atoms with Crippen molar-refractivity contribution in [1.82, 2.24) is 20.2 Å². The minimum atomic E-state index is -0.152. The van der Waals surface area contributed by atoms with E-state index >= 15 is 0 Å². The molecule has 0 unspecified atom stereocenters. The van der Waals surface area contributed by atoms with Gasteiger partial charge in [-0.2, -0.15) is 0 Å². The number of nitrogens with one attached hydrogen (secondary N) is 1. The van der Waals surface area contributed by atoms with Crippen molar-refractivity contribution in [2.45, 2.75) is 32.7 Å². The van der Waals surface area contributed by atoms with Gasteiger partial charge in [0.05, 0.1) is 35.1 Å². The molecule has 0 aliphatic carbocycles. The Balaban J connectivity index is 1.39. The molecule has 1 saturated heterocycles. The van der Waals surface area contributed by atoms with E-state index in [4.69, 9.17) is 4.74 Å². The minimum absolute atomic E-state index is 0.0172. The quantitative estimate of drug-likeness (QED) is 0.703. The maximum Gasteiger partial charge on any atom is 0.255 e. The Morgan fingerprint density at radius 1 is 1.00 bits per heavy atom. The monoisotopic (exact) mass is 418 g/mol. The third-order valence-electron chi connectivity index (χ3n) is 5.79. The fourth-order valence-electron chi connectivity index (χ4n) is 3.87. The van der Waals surface area contributed by atoms with Gasteiger partial charge in [0.15, 0.2) is 0 Å². The lowest BCUT2D eigenvalue weighted by Crippen LogP contribution is -2.46. The molecule has 1 fully saturated rings. The SMILES string of the molecule is COc1ccccc1C(=O)NC1CCN(C(=O)c2ccc3nc(C)c(C)nc3c2)CC1. The van der Waals surface area contributed by atoms with Crippen LogP contribution < -0.4 is 10.1 Å². The average Bonchev–Trinajstić information content (AvgIpc) is 2.79. The summed E-state index contributed by atoms with van der Waals surface area (Å²) in [6.45, 7) is 5.02.